The molecule has 0 aliphatic carbocycles. The number of carboxylic acids is 1. The van der Waals surface area contributed by atoms with Gasteiger partial charge >= 0.3 is 5.97 Å². The SMILES string of the molecule is CC(C)(C)c1nc(C(=O)NC2COCC2(C)C(=O)O)n[nH]1. The van der Waals surface area contributed by atoms with Crippen molar-refractivity contribution in [3.05, 3.63) is 11.6 Å². The van der Waals surface area contributed by atoms with Crippen LogP contribution in [0.2, 0.25) is 0 Å². The molecule has 2 unspecified atom stereocenters. The maximum Gasteiger partial charge on any atom is 0.313 e. The molecule has 1 aromatic heterocycles. The molecular formula is C13H20N4O4. The number of H-pyrrole nitrogens is 1. The number of carbonyl (C=O) groups is 2. The van der Waals surface area contributed by atoms with Crippen molar-refractivity contribution >= 4 is 11.9 Å². The Bertz CT molecular complexity index is 563. The maximum absolute atomic E-state index is 12.1. The molecule has 1 aliphatic rings. The van der Waals surface area contributed by atoms with Crippen molar-refractivity contribution in [1.29, 1.82) is 0 Å². The van der Waals surface area contributed by atoms with Crippen molar-refractivity contribution in [2.45, 2.75) is 39.2 Å². The highest BCUT2D eigenvalue weighted by molar-refractivity contribution is 5.91. The van der Waals surface area contributed by atoms with Gasteiger partial charge in [-0.3, -0.25) is 14.7 Å². The molecule has 116 valence electrons. The second-order valence-corrected chi connectivity index (χ2v) is 6.52. The van der Waals surface area contributed by atoms with Gasteiger partial charge in [-0.15, -0.1) is 5.10 Å². The van der Waals surface area contributed by atoms with E-state index in [9.17, 15) is 14.7 Å². The van der Waals surface area contributed by atoms with Gasteiger partial charge in [-0.05, 0) is 6.92 Å². The van der Waals surface area contributed by atoms with Crippen molar-refractivity contribution in [2.75, 3.05) is 13.2 Å². The van der Waals surface area contributed by atoms with Gasteiger partial charge in [0.15, 0.2) is 0 Å². The molecular weight excluding hydrogens is 276 g/mol. The second kappa shape index (κ2) is 5.10. The van der Waals surface area contributed by atoms with Gasteiger partial charge in [-0.1, -0.05) is 20.8 Å². The van der Waals surface area contributed by atoms with E-state index < -0.39 is 23.3 Å². The fourth-order valence-corrected chi connectivity index (χ4v) is 2.01. The summed E-state index contributed by atoms with van der Waals surface area (Å²) < 4.78 is 5.19. The second-order valence-electron chi connectivity index (χ2n) is 6.52. The Morgan fingerprint density at radius 3 is 2.67 bits per heavy atom. The topological polar surface area (TPSA) is 117 Å². The van der Waals surface area contributed by atoms with E-state index in [1.54, 1.807) is 6.92 Å². The van der Waals surface area contributed by atoms with Gasteiger partial charge in [0.25, 0.3) is 5.91 Å². The summed E-state index contributed by atoms with van der Waals surface area (Å²) in [6.07, 6.45) is 0. The molecule has 0 radical (unpaired) electrons. The zero-order valence-electron chi connectivity index (χ0n) is 12.6. The fourth-order valence-electron chi connectivity index (χ4n) is 2.01. The van der Waals surface area contributed by atoms with Crippen LogP contribution in [0.3, 0.4) is 0 Å². The van der Waals surface area contributed by atoms with Crippen LogP contribution in [0.5, 0.6) is 0 Å². The van der Waals surface area contributed by atoms with Crippen molar-refractivity contribution in [3.8, 4) is 0 Å². The first kappa shape index (κ1) is 15.4. The van der Waals surface area contributed by atoms with E-state index >= 15 is 0 Å². The number of aromatic amines is 1. The van der Waals surface area contributed by atoms with Crippen LogP contribution < -0.4 is 5.32 Å². The van der Waals surface area contributed by atoms with E-state index in [-0.39, 0.29) is 24.5 Å². The van der Waals surface area contributed by atoms with Crippen molar-refractivity contribution < 1.29 is 19.4 Å². The Kier molecular flexibility index (Phi) is 3.75. The minimum absolute atomic E-state index is 0.000404. The molecule has 1 saturated heterocycles. The Morgan fingerprint density at radius 2 is 2.14 bits per heavy atom. The van der Waals surface area contributed by atoms with Gasteiger partial charge in [0.05, 0.1) is 19.3 Å². The molecule has 3 N–H and O–H groups in total. The van der Waals surface area contributed by atoms with Crippen LogP contribution in [-0.2, 0) is 14.9 Å². The summed E-state index contributed by atoms with van der Waals surface area (Å²) in [4.78, 5) is 27.6. The van der Waals surface area contributed by atoms with Crippen molar-refractivity contribution in [3.63, 3.8) is 0 Å². The highest BCUT2D eigenvalue weighted by Gasteiger charge is 2.47. The molecule has 21 heavy (non-hydrogen) atoms. The monoisotopic (exact) mass is 296 g/mol. The Balaban J connectivity index is 2.12. The minimum Gasteiger partial charge on any atom is -0.481 e. The Hall–Kier alpha value is -1.96. The average Bonchev–Trinajstić information content (AvgIpc) is 2.97. The highest BCUT2D eigenvalue weighted by Crippen LogP contribution is 2.28. The molecule has 0 aromatic carbocycles. The Morgan fingerprint density at radius 1 is 1.48 bits per heavy atom. The van der Waals surface area contributed by atoms with Gasteiger partial charge in [-0.2, -0.15) is 0 Å². The summed E-state index contributed by atoms with van der Waals surface area (Å²) in [7, 11) is 0. The number of amides is 1. The third-order valence-electron chi connectivity index (χ3n) is 3.65. The van der Waals surface area contributed by atoms with Gasteiger partial charge in [0, 0.05) is 5.41 Å². The number of nitrogens with one attached hydrogen (secondary N) is 2. The molecule has 8 nitrogen and oxygen atoms in total. The number of carboxylic acid groups (broad SMARTS) is 1. The maximum atomic E-state index is 12.1. The standard InChI is InChI=1S/C13H20N4O4/c1-12(2,3)10-15-8(16-17-10)9(18)14-7-5-21-6-13(7,4)11(19)20/h7H,5-6H2,1-4H3,(H,14,18)(H,19,20)(H,15,16,17). The lowest BCUT2D eigenvalue weighted by Gasteiger charge is -2.24. The lowest BCUT2D eigenvalue weighted by Crippen LogP contribution is -2.49. The highest BCUT2D eigenvalue weighted by atomic mass is 16.5. The smallest absolute Gasteiger partial charge is 0.313 e. The van der Waals surface area contributed by atoms with Gasteiger partial charge in [-0.25, -0.2) is 4.98 Å². The summed E-state index contributed by atoms with van der Waals surface area (Å²) in [5.74, 6) is -0.920. The van der Waals surface area contributed by atoms with E-state index in [4.69, 9.17) is 4.74 Å². The molecule has 1 aromatic rings. The van der Waals surface area contributed by atoms with E-state index in [0.29, 0.717) is 5.82 Å². The van der Waals surface area contributed by atoms with Gasteiger partial charge in [0.1, 0.15) is 11.2 Å². The van der Waals surface area contributed by atoms with Gasteiger partial charge in [0.2, 0.25) is 5.82 Å². The van der Waals surface area contributed by atoms with Crippen LogP contribution in [0.1, 0.15) is 44.1 Å². The largest absolute Gasteiger partial charge is 0.481 e. The number of ether oxygens (including phenoxy) is 1. The first-order valence-corrected chi connectivity index (χ1v) is 6.69. The molecule has 2 atom stereocenters. The minimum atomic E-state index is -1.14. The number of aromatic nitrogens is 3. The zero-order chi connectivity index (χ0) is 15.8. The lowest BCUT2D eigenvalue weighted by atomic mass is 9.85. The van der Waals surface area contributed by atoms with Crippen LogP contribution in [0.15, 0.2) is 0 Å². The van der Waals surface area contributed by atoms with E-state index in [2.05, 4.69) is 20.5 Å². The van der Waals surface area contributed by atoms with Crippen LogP contribution in [0.4, 0.5) is 0 Å². The summed E-state index contributed by atoms with van der Waals surface area (Å²) in [5.41, 5.74) is -1.39. The third-order valence-corrected chi connectivity index (χ3v) is 3.65. The molecule has 0 bridgehead atoms. The summed E-state index contributed by atoms with van der Waals surface area (Å²) >= 11 is 0. The Labute approximate surface area is 122 Å². The quantitative estimate of drug-likeness (QED) is 0.739. The molecule has 0 spiro atoms. The number of rotatable bonds is 3. The molecule has 1 amide bonds. The molecule has 2 rings (SSSR count). The summed E-state index contributed by atoms with van der Waals surface area (Å²) in [6, 6.07) is -0.612. The van der Waals surface area contributed by atoms with E-state index in [1.165, 1.54) is 0 Å². The van der Waals surface area contributed by atoms with E-state index in [0.717, 1.165) is 0 Å². The first-order valence-electron chi connectivity index (χ1n) is 6.69. The number of hydrogen-bond donors (Lipinski definition) is 3. The van der Waals surface area contributed by atoms with Crippen LogP contribution in [0, 0.1) is 5.41 Å². The van der Waals surface area contributed by atoms with Crippen molar-refractivity contribution in [2.24, 2.45) is 5.41 Å². The molecule has 8 heteroatoms. The molecule has 2 heterocycles. The van der Waals surface area contributed by atoms with E-state index in [1.807, 2.05) is 20.8 Å². The number of hydrogen-bond acceptors (Lipinski definition) is 5. The first-order chi connectivity index (χ1) is 9.64. The molecule has 0 saturated carbocycles. The van der Waals surface area contributed by atoms with Crippen LogP contribution in [0.25, 0.3) is 0 Å². The number of carbonyl (C=O) groups excluding carboxylic acids is 1. The summed E-state index contributed by atoms with van der Waals surface area (Å²) in [6.45, 7) is 7.61. The fraction of sp³-hybridized carbons (Fsp3) is 0.692. The number of aliphatic carboxylic acids is 1. The van der Waals surface area contributed by atoms with Crippen LogP contribution in [-0.4, -0.2) is 51.4 Å². The average molecular weight is 296 g/mol. The van der Waals surface area contributed by atoms with Crippen LogP contribution >= 0.6 is 0 Å². The normalized spacial score (nSPS) is 25.8. The predicted molar refractivity (Wildman–Crippen MR) is 72.9 cm³/mol. The molecule has 1 fully saturated rings. The number of nitrogens with zero attached hydrogens (tertiary/aromatic N) is 2. The van der Waals surface area contributed by atoms with Gasteiger partial charge < -0.3 is 15.2 Å². The molecule has 1 aliphatic heterocycles. The third kappa shape index (κ3) is 2.90. The lowest BCUT2D eigenvalue weighted by molar-refractivity contribution is -0.148. The predicted octanol–water partition coefficient (Wildman–Crippen LogP) is 0.322. The zero-order valence-corrected chi connectivity index (χ0v) is 12.6. The van der Waals surface area contributed by atoms with Crippen molar-refractivity contribution in [1.82, 2.24) is 20.5 Å². The summed E-state index contributed by atoms with van der Waals surface area (Å²) in [5, 5.41) is 18.5.